The van der Waals surface area contributed by atoms with Gasteiger partial charge in [0.1, 0.15) is 12.4 Å². The van der Waals surface area contributed by atoms with Crippen molar-refractivity contribution in [1.29, 1.82) is 0 Å². The highest BCUT2D eigenvalue weighted by Crippen LogP contribution is 2.34. The van der Waals surface area contributed by atoms with Crippen LogP contribution in [0.15, 0.2) is 41.6 Å². The van der Waals surface area contributed by atoms with E-state index in [1.54, 1.807) is 54.9 Å². The lowest BCUT2D eigenvalue weighted by atomic mass is 10.2. The van der Waals surface area contributed by atoms with Gasteiger partial charge in [-0.1, -0.05) is 41.6 Å². The van der Waals surface area contributed by atoms with Crippen molar-refractivity contribution in [1.82, 2.24) is 25.5 Å². The molecule has 0 radical (unpaired) electrons. The number of tetrazole rings is 1. The summed E-state index contributed by atoms with van der Waals surface area (Å²) in [5, 5.41) is 16.0. The number of hydrogen-bond donors (Lipinski definition) is 1. The van der Waals surface area contributed by atoms with Crippen LogP contribution in [0.2, 0.25) is 5.02 Å². The number of thioether (sulfide) groups is 1. The number of hydrogen-bond acceptors (Lipinski definition) is 7. The first-order valence-electron chi connectivity index (χ1n) is 8.87. The highest BCUT2D eigenvalue weighted by Gasteiger charge is 2.12. The average Bonchev–Trinajstić information content (AvgIpc) is 3.13. The zero-order chi connectivity index (χ0) is 20.6. The lowest BCUT2D eigenvalue weighted by molar-refractivity contribution is 0.279. The molecule has 3 rings (SSSR count). The Kier molecular flexibility index (Phi) is 7.68. The normalized spacial score (nSPS) is 10.9. The molecule has 1 aromatic heterocycles. The summed E-state index contributed by atoms with van der Waals surface area (Å²) in [4.78, 5) is 0. The molecule has 1 heterocycles. The second-order valence-corrected chi connectivity index (χ2v) is 7.55. The van der Waals surface area contributed by atoms with Gasteiger partial charge in [0.25, 0.3) is 0 Å². The molecular weight excluding hydrogens is 417 g/mol. The predicted octanol–water partition coefficient (Wildman–Crippen LogP) is 3.47. The molecule has 0 amide bonds. The highest BCUT2D eigenvalue weighted by atomic mass is 35.5. The molecule has 29 heavy (non-hydrogen) atoms. The summed E-state index contributed by atoms with van der Waals surface area (Å²) in [6.45, 7) is 1.41. The molecule has 0 saturated heterocycles. The number of nitrogens with one attached hydrogen (secondary N) is 1. The lowest BCUT2D eigenvalue weighted by Crippen LogP contribution is -2.17. The smallest absolute Gasteiger partial charge is 0.209 e. The zero-order valence-corrected chi connectivity index (χ0v) is 17.6. The van der Waals surface area contributed by atoms with Crippen molar-refractivity contribution in [3.63, 3.8) is 0 Å². The van der Waals surface area contributed by atoms with Crippen LogP contribution >= 0.6 is 23.4 Å². The number of halogens is 2. The molecule has 0 unspecified atom stereocenters. The van der Waals surface area contributed by atoms with E-state index in [2.05, 4.69) is 20.8 Å². The monoisotopic (exact) mass is 437 g/mol. The summed E-state index contributed by atoms with van der Waals surface area (Å²) in [6, 6.07) is 10.00. The Morgan fingerprint density at radius 2 is 2.03 bits per heavy atom. The highest BCUT2D eigenvalue weighted by molar-refractivity contribution is 7.99. The van der Waals surface area contributed by atoms with E-state index in [-0.39, 0.29) is 12.4 Å². The Hall–Kier alpha value is -2.36. The number of aryl methyl sites for hydroxylation is 1. The number of ether oxygens (including phenoxy) is 2. The first-order chi connectivity index (χ1) is 14.1. The van der Waals surface area contributed by atoms with Gasteiger partial charge in [-0.25, -0.2) is 9.07 Å². The topological polar surface area (TPSA) is 74.1 Å². The second-order valence-electron chi connectivity index (χ2n) is 6.08. The zero-order valence-electron chi connectivity index (χ0n) is 16.1. The maximum atomic E-state index is 13.8. The van der Waals surface area contributed by atoms with E-state index in [4.69, 9.17) is 21.1 Å². The van der Waals surface area contributed by atoms with Crippen LogP contribution in [0.3, 0.4) is 0 Å². The molecule has 154 valence electrons. The Morgan fingerprint density at radius 3 is 2.76 bits per heavy atom. The fraction of sp³-hybridized carbons (Fsp3) is 0.316. The Morgan fingerprint density at radius 1 is 1.21 bits per heavy atom. The fourth-order valence-corrected chi connectivity index (χ4v) is 3.50. The first kappa shape index (κ1) is 21.4. The van der Waals surface area contributed by atoms with Gasteiger partial charge >= 0.3 is 0 Å². The minimum atomic E-state index is -0.312. The van der Waals surface area contributed by atoms with Crippen LogP contribution in [0.25, 0.3) is 0 Å². The van der Waals surface area contributed by atoms with Crippen LogP contribution in [0.5, 0.6) is 11.5 Å². The van der Waals surface area contributed by atoms with E-state index in [0.717, 1.165) is 23.0 Å². The van der Waals surface area contributed by atoms with Gasteiger partial charge in [-0.15, -0.1) is 5.10 Å². The van der Waals surface area contributed by atoms with Crippen LogP contribution in [0.1, 0.15) is 11.1 Å². The van der Waals surface area contributed by atoms with E-state index < -0.39 is 0 Å². The number of aromatic nitrogens is 4. The van der Waals surface area contributed by atoms with E-state index in [0.29, 0.717) is 28.6 Å². The minimum Gasteiger partial charge on any atom is -0.493 e. The average molecular weight is 438 g/mol. The molecule has 0 aliphatic heterocycles. The molecule has 10 heteroatoms. The third kappa shape index (κ3) is 5.81. The Bertz CT molecular complexity index is 956. The molecular formula is C19H21ClFN5O2S. The molecule has 0 bridgehead atoms. The van der Waals surface area contributed by atoms with Crippen LogP contribution in [0.4, 0.5) is 4.39 Å². The van der Waals surface area contributed by atoms with Crippen LogP contribution < -0.4 is 14.8 Å². The maximum Gasteiger partial charge on any atom is 0.209 e. The number of rotatable bonds is 10. The van der Waals surface area contributed by atoms with Crippen molar-refractivity contribution in [3.05, 3.63) is 58.4 Å². The van der Waals surface area contributed by atoms with Gasteiger partial charge in [0.05, 0.1) is 7.11 Å². The molecule has 0 saturated carbocycles. The van der Waals surface area contributed by atoms with Gasteiger partial charge in [-0.2, -0.15) is 0 Å². The van der Waals surface area contributed by atoms with Crippen molar-refractivity contribution >= 4 is 23.4 Å². The number of methoxy groups -OCH3 is 1. The van der Waals surface area contributed by atoms with E-state index in [9.17, 15) is 4.39 Å². The van der Waals surface area contributed by atoms with Crippen LogP contribution in [0, 0.1) is 5.82 Å². The van der Waals surface area contributed by atoms with Crippen molar-refractivity contribution in [3.8, 4) is 11.5 Å². The van der Waals surface area contributed by atoms with Gasteiger partial charge in [0, 0.05) is 42.5 Å². The van der Waals surface area contributed by atoms with E-state index in [1.807, 2.05) is 6.07 Å². The SMILES string of the molecule is COc1cc(CNCCSc2nnnn2C)c(Cl)cc1OCc1ccccc1F. The lowest BCUT2D eigenvalue weighted by Gasteiger charge is -2.14. The Labute approximate surface area is 177 Å². The molecule has 0 fully saturated rings. The van der Waals surface area contributed by atoms with Gasteiger partial charge in [0.2, 0.25) is 5.16 Å². The Balaban J connectivity index is 1.54. The number of benzene rings is 2. The van der Waals surface area contributed by atoms with E-state index in [1.165, 1.54) is 6.07 Å². The summed E-state index contributed by atoms with van der Waals surface area (Å²) in [6.07, 6.45) is 0. The quantitative estimate of drug-likeness (QED) is 0.384. The summed E-state index contributed by atoms with van der Waals surface area (Å²) in [5.41, 5.74) is 1.35. The molecule has 1 N–H and O–H groups in total. The summed E-state index contributed by atoms with van der Waals surface area (Å²) in [5.74, 6) is 1.51. The number of nitrogens with zero attached hydrogens (tertiary/aromatic N) is 4. The van der Waals surface area contributed by atoms with Gasteiger partial charge in [0.15, 0.2) is 11.5 Å². The van der Waals surface area contributed by atoms with Gasteiger partial charge < -0.3 is 14.8 Å². The summed E-state index contributed by atoms with van der Waals surface area (Å²) in [7, 11) is 3.36. The van der Waals surface area contributed by atoms with Crippen LogP contribution in [-0.2, 0) is 20.2 Å². The minimum absolute atomic E-state index is 0.0884. The standard InChI is InChI=1S/C19H21ClFN5O2S/c1-26-19(23-24-25-26)29-8-7-22-11-14-9-17(27-2)18(10-15(14)20)28-12-13-5-3-4-6-16(13)21/h3-6,9-10,22H,7-8,11-12H2,1-2H3. The van der Waals surface area contributed by atoms with Crippen molar-refractivity contribution in [2.75, 3.05) is 19.4 Å². The van der Waals surface area contributed by atoms with Gasteiger partial charge in [-0.05, 0) is 28.1 Å². The largest absolute Gasteiger partial charge is 0.493 e. The second kappa shape index (κ2) is 10.4. The molecule has 7 nitrogen and oxygen atoms in total. The maximum absolute atomic E-state index is 13.8. The van der Waals surface area contributed by atoms with Crippen LogP contribution in [-0.4, -0.2) is 39.6 Å². The summed E-state index contributed by atoms with van der Waals surface area (Å²) >= 11 is 7.97. The predicted molar refractivity (Wildman–Crippen MR) is 110 cm³/mol. The van der Waals surface area contributed by atoms with Crippen molar-refractivity contribution in [2.24, 2.45) is 7.05 Å². The van der Waals surface area contributed by atoms with E-state index >= 15 is 0 Å². The molecule has 3 aromatic rings. The molecule has 0 aliphatic rings. The third-order valence-corrected chi connectivity index (χ3v) is 5.44. The van der Waals surface area contributed by atoms with Crippen molar-refractivity contribution in [2.45, 2.75) is 18.3 Å². The molecule has 0 atom stereocenters. The molecule has 0 spiro atoms. The summed E-state index contributed by atoms with van der Waals surface area (Å²) < 4.78 is 26.6. The first-order valence-corrected chi connectivity index (χ1v) is 10.2. The van der Waals surface area contributed by atoms with Crippen molar-refractivity contribution < 1.29 is 13.9 Å². The van der Waals surface area contributed by atoms with Gasteiger partial charge in [-0.3, -0.25) is 0 Å². The molecule has 2 aromatic carbocycles. The third-order valence-electron chi connectivity index (χ3n) is 4.08. The molecule has 0 aliphatic carbocycles. The fourth-order valence-electron chi connectivity index (χ4n) is 2.54.